The van der Waals surface area contributed by atoms with E-state index >= 15 is 0 Å². The maximum atomic E-state index is 10.5. The van der Waals surface area contributed by atoms with Crippen LogP contribution in [0.1, 0.15) is 27.8 Å². The second-order valence-corrected chi connectivity index (χ2v) is 3.92. The third-order valence-corrected chi connectivity index (χ3v) is 2.76. The van der Waals surface area contributed by atoms with E-state index in [-0.39, 0.29) is 5.56 Å². The van der Waals surface area contributed by atoms with Crippen molar-refractivity contribution < 1.29 is 24.9 Å². The van der Waals surface area contributed by atoms with Gasteiger partial charge in [-0.25, -0.2) is 0 Å². The molecule has 0 aliphatic carbocycles. The highest BCUT2D eigenvalue weighted by Crippen LogP contribution is 2.25. The topological polar surface area (TPSA) is 94.8 Å². The summed E-state index contributed by atoms with van der Waals surface area (Å²) in [5, 5.41) is 28.9. The average molecular weight is 230 g/mol. The van der Waals surface area contributed by atoms with Gasteiger partial charge in [0.2, 0.25) is 0 Å². The van der Waals surface area contributed by atoms with Gasteiger partial charge < -0.3 is 15.3 Å². The van der Waals surface area contributed by atoms with Crippen LogP contribution in [0.25, 0.3) is 0 Å². The molecule has 0 aromatic carbocycles. The summed E-state index contributed by atoms with van der Waals surface area (Å²) in [7, 11) is 0. The van der Waals surface area contributed by atoms with Gasteiger partial charge in [0, 0.05) is 5.56 Å². The van der Waals surface area contributed by atoms with Gasteiger partial charge in [0.15, 0.2) is 6.29 Å². The molecule has 0 saturated carbocycles. The predicted octanol–water partition coefficient (Wildman–Crippen LogP) is 0.430. The van der Waals surface area contributed by atoms with E-state index in [0.29, 0.717) is 11.2 Å². The summed E-state index contributed by atoms with van der Waals surface area (Å²) >= 11 is 1.13. The van der Waals surface area contributed by atoms with E-state index in [9.17, 15) is 19.8 Å². The molecule has 0 amide bonds. The highest BCUT2D eigenvalue weighted by atomic mass is 32.1. The molecule has 0 bridgehead atoms. The van der Waals surface area contributed by atoms with Crippen molar-refractivity contribution in [3.05, 3.63) is 21.9 Å². The highest BCUT2D eigenvalue weighted by Gasteiger charge is 2.23. The van der Waals surface area contributed by atoms with E-state index in [1.54, 1.807) is 5.38 Å². The fourth-order valence-electron chi connectivity index (χ4n) is 1.17. The van der Waals surface area contributed by atoms with Crippen molar-refractivity contribution in [1.82, 2.24) is 0 Å². The smallest absolute Gasteiger partial charge is 0.306 e. The van der Waals surface area contributed by atoms with E-state index in [1.807, 2.05) is 0 Å². The fraction of sp³-hybridized carbons (Fsp3) is 0.333. The highest BCUT2D eigenvalue weighted by molar-refractivity contribution is 7.11. The molecular weight excluding hydrogens is 220 g/mol. The second kappa shape index (κ2) is 5.01. The summed E-state index contributed by atoms with van der Waals surface area (Å²) in [5.41, 5.74) is 0.267. The lowest BCUT2D eigenvalue weighted by Crippen LogP contribution is -2.22. The van der Waals surface area contributed by atoms with Crippen LogP contribution in [0.4, 0.5) is 0 Å². The quantitative estimate of drug-likeness (QED) is 0.637. The summed E-state index contributed by atoms with van der Waals surface area (Å²) in [6.07, 6.45) is -2.74. The molecule has 0 radical (unpaired) electrons. The number of aldehydes is 1. The molecule has 0 spiro atoms. The number of hydrogen-bond acceptors (Lipinski definition) is 5. The molecule has 2 atom stereocenters. The molecule has 2 unspecified atom stereocenters. The summed E-state index contributed by atoms with van der Waals surface area (Å²) in [6, 6.07) is 1.49. The molecule has 0 fully saturated rings. The van der Waals surface area contributed by atoms with Crippen LogP contribution in [0.2, 0.25) is 0 Å². The number of rotatable bonds is 5. The van der Waals surface area contributed by atoms with Gasteiger partial charge in [0.25, 0.3) is 0 Å². The van der Waals surface area contributed by atoms with Gasteiger partial charge in [-0.15, -0.1) is 11.3 Å². The lowest BCUT2D eigenvalue weighted by molar-refractivity contribution is -0.141. The summed E-state index contributed by atoms with van der Waals surface area (Å²) in [5.74, 6) is -1.20. The van der Waals surface area contributed by atoms with Gasteiger partial charge in [0.05, 0.1) is 17.4 Å². The SMILES string of the molecule is O=Cc1sccc1C(O)C(O)CC(=O)O. The first kappa shape index (κ1) is 11.8. The van der Waals surface area contributed by atoms with Gasteiger partial charge in [0.1, 0.15) is 6.10 Å². The van der Waals surface area contributed by atoms with Crippen molar-refractivity contribution >= 4 is 23.6 Å². The third kappa shape index (κ3) is 2.85. The first-order valence-electron chi connectivity index (χ1n) is 4.16. The minimum atomic E-state index is -1.41. The molecule has 0 saturated heterocycles. The first-order valence-corrected chi connectivity index (χ1v) is 5.04. The lowest BCUT2D eigenvalue weighted by atomic mass is 10.0. The molecule has 5 nitrogen and oxygen atoms in total. The molecule has 0 aliphatic heterocycles. The van der Waals surface area contributed by atoms with Crippen LogP contribution in [-0.2, 0) is 4.79 Å². The van der Waals surface area contributed by atoms with Crippen molar-refractivity contribution in [3.8, 4) is 0 Å². The molecule has 6 heteroatoms. The monoisotopic (exact) mass is 230 g/mol. The number of carbonyl (C=O) groups excluding carboxylic acids is 1. The zero-order chi connectivity index (χ0) is 11.4. The van der Waals surface area contributed by atoms with Gasteiger partial charge in [-0.05, 0) is 11.4 Å². The molecular formula is C9H10O5S. The maximum Gasteiger partial charge on any atom is 0.306 e. The Morgan fingerprint density at radius 1 is 1.53 bits per heavy atom. The number of aliphatic carboxylic acids is 1. The number of carbonyl (C=O) groups is 2. The zero-order valence-electron chi connectivity index (χ0n) is 7.66. The Balaban J connectivity index is 2.79. The molecule has 1 rings (SSSR count). The van der Waals surface area contributed by atoms with E-state index < -0.39 is 24.6 Å². The minimum absolute atomic E-state index is 0.267. The van der Waals surface area contributed by atoms with Crippen molar-refractivity contribution in [2.75, 3.05) is 0 Å². The van der Waals surface area contributed by atoms with Gasteiger partial charge in [-0.2, -0.15) is 0 Å². The summed E-state index contributed by atoms with van der Waals surface area (Å²) in [4.78, 5) is 21.1. The molecule has 0 aliphatic rings. The standard InChI is InChI=1S/C9H10O5S/c10-4-7-5(1-2-15-7)9(14)6(11)3-8(12)13/h1-2,4,6,9,11,14H,3H2,(H,12,13). The van der Waals surface area contributed by atoms with E-state index in [2.05, 4.69) is 0 Å². The number of carboxylic acid groups (broad SMARTS) is 1. The van der Waals surface area contributed by atoms with E-state index in [0.717, 1.165) is 11.3 Å². The fourth-order valence-corrected chi connectivity index (χ4v) is 1.91. The normalized spacial score (nSPS) is 14.5. The van der Waals surface area contributed by atoms with Crippen LogP contribution in [-0.4, -0.2) is 33.7 Å². The molecule has 1 heterocycles. The molecule has 82 valence electrons. The van der Waals surface area contributed by atoms with Crippen LogP contribution >= 0.6 is 11.3 Å². The van der Waals surface area contributed by atoms with Crippen LogP contribution in [0, 0.1) is 0 Å². The number of aliphatic hydroxyl groups excluding tert-OH is 2. The van der Waals surface area contributed by atoms with Crippen molar-refractivity contribution in [1.29, 1.82) is 0 Å². The predicted molar refractivity (Wildman–Crippen MR) is 52.9 cm³/mol. The third-order valence-electron chi connectivity index (χ3n) is 1.90. The minimum Gasteiger partial charge on any atom is -0.481 e. The molecule has 3 N–H and O–H groups in total. The molecule has 1 aromatic heterocycles. The first-order chi connectivity index (χ1) is 7.06. The Labute approximate surface area is 89.6 Å². The lowest BCUT2D eigenvalue weighted by Gasteiger charge is -2.15. The summed E-state index contributed by atoms with van der Waals surface area (Å²) in [6.45, 7) is 0. The second-order valence-electron chi connectivity index (χ2n) is 2.97. The number of aliphatic hydroxyl groups is 2. The van der Waals surface area contributed by atoms with Gasteiger partial charge in [-0.1, -0.05) is 0 Å². The Hall–Kier alpha value is -1.24. The Bertz CT molecular complexity index is 359. The number of hydrogen-bond donors (Lipinski definition) is 3. The van der Waals surface area contributed by atoms with Crippen LogP contribution < -0.4 is 0 Å². The van der Waals surface area contributed by atoms with Crippen molar-refractivity contribution in [2.24, 2.45) is 0 Å². The van der Waals surface area contributed by atoms with Crippen molar-refractivity contribution in [3.63, 3.8) is 0 Å². The largest absolute Gasteiger partial charge is 0.481 e. The Morgan fingerprint density at radius 3 is 2.73 bits per heavy atom. The molecule has 1 aromatic rings. The van der Waals surface area contributed by atoms with Crippen LogP contribution in [0.3, 0.4) is 0 Å². The number of thiophene rings is 1. The van der Waals surface area contributed by atoms with Gasteiger partial charge >= 0.3 is 5.97 Å². The van der Waals surface area contributed by atoms with Crippen LogP contribution in [0.5, 0.6) is 0 Å². The number of carboxylic acids is 1. The summed E-state index contributed by atoms with van der Waals surface area (Å²) < 4.78 is 0. The van der Waals surface area contributed by atoms with E-state index in [4.69, 9.17) is 5.11 Å². The Morgan fingerprint density at radius 2 is 2.20 bits per heavy atom. The van der Waals surface area contributed by atoms with E-state index in [1.165, 1.54) is 6.07 Å². The zero-order valence-corrected chi connectivity index (χ0v) is 8.48. The van der Waals surface area contributed by atoms with Gasteiger partial charge in [-0.3, -0.25) is 9.59 Å². The average Bonchev–Trinajstić information content (AvgIpc) is 2.62. The van der Waals surface area contributed by atoms with Crippen molar-refractivity contribution in [2.45, 2.75) is 18.6 Å². The Kier molecular flexibility index (Phi) is 3.96. The molecule has 15 heavy (non-hydrogen) atoms. The van der Waals surface area contributed by atoms with Crippen LogP contribution in [0.15, 0.2) is 11.4 Å². The maximum absolute atomic E-state index is 10.5.